The second-order valence-corrected chi connectivity index (χ2v) is 5.85. The lowest BCUT2D eigenvalue weighted by molar-refractivity contribution is 0.131. The molecule has 1 fully saturated rings. The van der Waals surface area contributed by atoms with E-state index in [1.165, 1.54) is 11.1 Å². The summed E-state index contributed by atoms with van der Waals surface area (Å²) in [7, 11) is 0. The first-order chi connectivity index (χ1) is 8.58. The van der Waals surface area contributed by atoms with Crippen molar-refractivity contribution in [3.8, 4) is 0 Å². The van der Waals surface area contributed by atoms with E-state index in [1.807, 2.05) is 0 Å². The lowest BCUT2D eigenvalue weighted by Gasteiger charge is -2.38. The molecule has 1 heterocycles. The number of hydrogen-bond donors (Lipinski definition) is 1. The van der Waals surface area contributed by atoms with Gasteiger partial charge in [-0.05, 0) is 30.9 Å². The van der Waals surface area contributed by atoms with Gasteiger partial charge >= 0.3 is 0 Å². The number of nitrogens with zero attached hydrogens (tertiary/aromatic N) is 1. The average Bonchev–Trinajstić information content (AvgIpc) is 2.36. The highest BCUT2D eigenvalue weighted by Crippen LogP contribution is 2.17. The second kappa shape index (κ2) is 5.85. The van der Waals surface area contributed by atoms with E-state index < -0.39 is 0 Å². The SMILES string of the molecule is CC(C)c1ccc(CN2CCNC(C)C2C)cc1. The van der Waals surface area contributed by atoms with Gasteiger partial charge in [0, 0.05) is 31.7 Å². The number of benzene rings is 1. The third kappa shape index (κ3) is 3.12. The molecule has 2 rings (SSSR count). The molecule has 2 unspecified atom stereocenters. The van der Waals surface area contributed by atoms with E-state index in [4.69, 9.17) is 0 Å². The van der Waals surface area contributed by atoms with Crippen molar-refractivity contribution in [2.24, 2.45) is 0 Å². The van der Waals surface area contributed by atoms with E-state index in [0.29, 0.717) is 18.0 Å². The van der Waals surface area contributed by atoms with E-state index >= 15 is 0 Å². The van der Waals surface area contributed by atoms with Gasteiger partial charge in [0.05, 0.1) is 0 Å². The highest BCUT2D eigenvalue weighted by atomic mass is 15.2. The molecule has 100 valence electrons. The molecular formula is C16H26N2. The Kier molecular flexibility index (Phi) is 4.41. The maximum atomic E-state index is 3.53. The lowest BCUT2D eigenvalue weighted by Crippen LogP contribution is -2.54. The second-order valence-electron chi connectivity index (χ2n) is 5.85. The standard InChI is InChI=1S/C16H26N2/c1-12(2)16-7-5-15(6-8-16)11-18-10-9-17-13(3)14(18)4/h5-8,12-14,17H,9-11H2,1-4H3. The van der Waals surface area contributed by atoms with Crippen molar-refractivity contribution in [1.29, 1.82) is 0 Å². The van der Waals surface area contributed by atoms with E-state index in [9.17, 15) is 0 Å². The monoisotopic (exact) mass is 246 g/mol. The minimum Gasteiger partial charge on any atom is -0.311 e. The molecule has 0 amide bonds. The molecule has 1 saturated heterocycles. The van der Waals surface area contributed by atoms with Gasteiger partial charge in [0.1, 0.15) is 0 Å². The zero-order valence-electron chi connectivity index (χ0n) is 12.1. The van der Waals surface area contributed by atoms with E-state index in [0.717, 1.165) is 19.6 Å². The Morgan fingerprint density at radius 3 is 2.50 bits per heavy atom. The van der Waals surface area contributed by atoms with Crippen LogP contribution < -0.4 is 5.32 Å². The molecule has 0 saturated carbocycles. The predicted molar refractivity (Wildman–Crippen MR) is 77.9 cm³/mol. The molecule has 0 radical (unpaired) electrons. The largest absolute Gasteiger partial charge is 0.311 e. The molecule has 18 heavy (non-hydrogen) atoms. The predicted octanol–water partition coefficient (Wildman–Crippen LogP) is 2.99. The minimum absolute atomic E-state index is 0.591. The van der Waals surface area contributed by atoms with Crippen LogP contribution in [-0.4, -0.2) is 30.1 Å². The van der Waals surface area contributed by atoms with Gasteiger partial charge in [0.2, 0.25) is 0 Å². The van der Waals surface area contributed by atoms with E-state index in [-0.39, 0.29) is 0 Å². The fourth-order valence-electron chi connectivity index (χ4n) is 2.59. The Morgan fingerprint density at radius 1 is 1.22 bits per heavy atom. The van der Waals surface area contributed by atoms with Crippen molar-refractivity contribution in [3.05, 3.63) is 35.4 Å². The van der Waals surface area contributed by atoms with E-state index in [2.05, 4.69) is 62.2 Å². The third-order valence-corrected chi connectivity index (χ3v) is 4.20. The van der Waals surface area contributed by atoms with Crippen LogP contribution in [0.3, 0.4) is 0 Å². The van der Waals surface area contributed by atoms with Crippen molar-refractivity contribution >= 4 is 0 Å². The summed E-state index contributed by atoms with van der Waals surface area (Å²) in [5.41, 5.74) is 2.86. The zero-order chi connectivity index (χ0) is 13.1. The first-order valence-electron chi connectivity index (χ1n) is 7.14. The normalized spacial score (nSPS) is 25.6. The van der Waals surface area contributed by atoms with Crippen LogP contribution in [0.4, 0.5) is 0 Å². The molecule has 0 aliphatic carbocycles. The summed E-state index contributed by atoms with van der Waals surface area (Å²) in [6, 6.07) is 10.3. The summed E-state index contributed by atoms with van der Waals surface area (Å²) in [5.74, 6) is 0.622. The summed E-state index contributed by atoms with van der Waals surface area (Å²) < 4.78 is 0. The van der Waals surface area contributed by atoms with Gasteiger partial charge in [-0.2, -0.15) is 0 Å². The van der Waals surface area contributed by atoms with Crippen LogP contribution in [0.15, 0.2) is 24.3 Å². The minimum atomic E-state index is 0.591. The number of piperazine rings is 1. The molecule has 0 aromatic heterocycles. The van der Waals surface area contributed by atoms with Gasteiger partial charge in [-0.3, -0.25) is 4.90 Å². The summed E-state index contributed by atoms with van der Waals surface area (Å²) in [5, 5.41) is 3.53. The Hall–Kier alpha value is -0.860. The molecule has 0 spiro atoms. The van der Waals surface area contributed by atoms with E-state index in [1.54, 1.807) is 0 Å². The Labute approximate surface area is 111 Å². The fraction of sp³-hybridized carbons (Fsp3) is 0.625. The fourth-order valence-corrected chi connectivity index (χ4v) is 2.59. The first kappa shape index (κ1) is 13.6. The van der Waals surface area contributed by atoms with Crippen molar-refractivity contribution in [2.75, 3.05) is 13.1 Å². The molecule has 1 N–H and O–H groups in total. The number of rotatable bonds is 3. The zero-order valence-corrected chi connectivity index (χ0v) is 12.1. The van der Waals surface area contributed by atoms with Crippen molar-refractivity contribution in [3.63, 3.8) is 0 Å². The third-order valence-electron chi connectivity index (χ3n) is 4.20. The molecule has 1 aliphatic heterocycles. The smallest absolute Gasteiger partial charge is 0.0237 e. The van der Waals surface area contributed by atoms with Crippen LogP contribution in [0.1, 0.15) is 44.7 Å². The topological polar surface area (TPSA) is 15.3 Å². The van der Waals surface area contributed by atoms with Crippen LogP contribution in [-0.2, 0) is 6.54 Å². The van der Waals surface area contributed by atoms with Gasteiger partial charge in [-0.15, -0.1) is 0 Å². The number of hydrogen-bond acceptors (Lipinski definition) is 2. The summed E-state index contributed by atoms with van der Waals surface area (Å²) in [6.07, 6.45) is 0. The van der Waals surface area contributed by atoms with Gasteiger partial charge in [-0.25, -0.2) is 0 Å². The lowest BCUT2D eigenvalue weighted by atomic mass is 10.0. The van der Waals surface area contributed by atoms with Gasteiger partial charge in [0.15, 0.2) is 0 Å². The Morgan fingerprint density at radius 2 is 1.89 bits per heavy atom. The summed E-state index contributed by atoms with van der Waals surface area (Å²) in [6.45, 7) is 12.4. The van der Waals surface area contributed by atoms with Gasteiger partial charge in [-0.1, -0.05) is 38.1 Å². The quantitative estimate of drug-likeness (QED) is 0.882. The van der Waals surface area contributed by atoms with Crippen molar-refractivity contribution < 1.29 is 0 Å². The van der Waals surface area contributed by atoms with Crippen LogP contribution in [0.2, 0.25) is 0 Å². The molecule has 1 aromatic rings. The molecule has 1 aliphatic rings. The molecule has 2 nitrogen and oxygen atoms in total. The summed E-state index contributed by atoms with van der Waals surface area (Å²) >= 11 is 0. The van der Waals surface area contributed by atoms with Crippen LogP contribution in [0, 0.1) is 0 Å². The Balaban J connectivity index is 2.00. The molecule has 1 aromatic carbocycles. The van der Waals surface area contributed by atoms with Gasteiger partial charge < -0.3 is 5.32 Å². The van der Waals surface area contributed by atoms with Crippen LogP contribution in [0.5, 0.6) is 0 Å². The Bertz CT molecular complexity index is 369. The maximum Gasteiger partial charge on any atom is 0.0237 e. The molecule has 2 atom stereocenters. The van der Waals surface area contributed by atoms with Crippen molar-refractivity contribution in [2.45, 2.75) is 52.2 Å². The van der Waals surface area contributed by atoms with Crippen LogP contribution in [0.25, 0.3) is 0 Å². The highest BCUT2D eigenvalue weighted by molar-refractivity contribution is 5.24. The average molecular weight is 246 g/mol. The molecule has 0 bridgehead atoms. The van der Waals surface area contributed by atoms with Crippen LogP contribution >= 0.6 is 0 Å². The highest BCUT2D eigenvalue weighted by Gasteiger charge is 2.23. The molecular weight excluding hydrogens is 220 g/mol. The summed E-state index contributed by atoms with van der Waals surface area (Å²) in [4.78, 5) is 2.57. The first-order valence-corrected chi connectivity index (χ1v) is 7.14. The van der Waals surface area contributed by atoms with Gasteiger partial charge in [0.25, 0.3) is 0 Å². The molecule has 2 heteroatoms. The number of nitrogens with one attached hydrogen (secondary N) is 1. The maximum absolute atomic E-state index is 3.53. The van der Waals surface area contributed by atoms with Crippen molar-refractivity contribution in [1.82, 2.24) is 10.2 Å².